The molecule has 22 heteroatoms. The Bertz CT molecular complexity index is 1130. The van der Waals surface area contributed by atoms with Gasteiger partial charge in [0.2, 0.25) is 23.6 Å². The van der Waals surface area contributed by atoms with Gasteiger partial charge >= 0.3 is 5.97 Å². The first-order valence-corrected chi connectivity index (χ1v) is 15.3. The molecule has 0 spiro atoms. The van der Waals surface area contributed by atoms with Crippen molar-refractivity contribution in [1.82, 2.24) is 21.3 Å². The normalized spacial score (nSPS) is 14.5. The first-order valence-electron chi connectivity index (χ1n) is 14.6. The molecule has 0 aliphatic rings. The van der Waals surface area contributed by atoms with Crippen LogP contribution >= 0.6 is 12.6 Å². The van der Waals surface area contributed by atoms with Crippen molar-refractivity contribution < 1.29 is 34.2 Å². The number of nitrogens with zero attached hydrogens (tertiary/aromatic N) is 3. The van der Waals surface area contributed by atoms with Gasteiger partial charge in [-0.3, -0.25) is 34.2 Å². The Morgan fingerprint density at radius 2 is 0.936 bits per heavy atom. The van der Waals surface area contributed by atoms with Gasteiger partial charge in [-0.25, -0.2) is 4.79 Å². The maximum atomic E-state index is 13.4. The number of aliphatic imine (C=N–C) groups is 3. The Hall–Kier alpha value is -4.57. The maximum absolute atomic E-state index is 13.4. The summed E-state index contributed by atoms with van der Waals surface area (Å²) in [6.07, 6.45) is -0.548. The number of aliphatic hydroxyl groups excluding tert-OH is 1. The van der Waals surface area contributed by atoms with E-state index in [1.807, 2.05) is 0 Å². The fourth-order valence-corrected chi connectivity index (χ4v) is 4.06. The number of thiol groups is 1. The fourth-order valence-electron chi connectivity index (χ4n) is 3.80. The van der Waals surface area contributed by atoms with E-state index in [1.54, 1.807) is 0 Å². The number of carbonyl (C=O) groups is 5. The monoisotopic (exact) mass is 690 g/mol. The summed E-state index contributed by atoms with van der Waals surface area (Å²) in [7, 11) is 0. The highest BCUT2D eigenvalue weighted by atomic mass is 32.1. The predicted octanol–water partition coefficient (Wildman–Crippen LogP) is -6.19. The molecule has 0 aromatic rings. The zero-order chi connectivity index (χ0) is 36.1. The van der Waals surface area contributed by atoms with Crippen LogP contribution in [0, 0.1) is 0 Å². The van der Waals surface area contributed by atoms with E-state index in [0.29, 0.717) is 0 Å². The van der Waals surface area contributed by atoms with Crippen molar-refractivity contribution >= 4 is 60.1 Å². The minimum Gasteiger partial charge on any atom is -0.480 e. The SMILES string of the molecule is CC(O)C(N)C(=O)NC(CCCN=C(N)N)C(=O)NC(CCCN=C(N)N)C(=O)NC(CS)C(=O)NC(CCCN=C(N)N)C(=O)O. The molecule has 47 heavy (non-hydrogen) atoms. The molecule has 0 rings (SSSR count). The summed E-state index contributed by atoms with van der Waals surface area (Å²) in [5.74, 6) is -5.35. The van der Waals surface area contributed by atoms with Crippen molar-refractivity contribution in [2.24, 2.45) is 55.1 Å². The van der Waals surface area contributed by atoms with Crippen molar-refractivity contribution in [2.75, 3.05) is 25.4 Å². The van der Waals surface area contributed by atoms with Gasteiger partial charge in [0.05, 0.1) is 6.10 Å². The average Bonchev–Trinajstić information content (AvgIpc) is 2.98. The molecule has 0 fully saturated rings. The van der Waals surface area contributed by atoms with E-state index in [4.69, 9.17) is 40.1 Å². The first-order chi connectivity index (χ1) is 22.0. The number of carbonyl (C=O) groups excluding carboxylic acids is 4. The molecule has 0 aromatic carbocycles. The zero-order valence-corrected chi connectivity index (χ0v) is 27.2. The molecule has 0 aliphatic heterocycles. The van der Waals surface area contributed by atoms with Gasteiger partial charge in [-0.05, 0) is 45.4 Å². The molecule has 0 aromatic heterocycles. The summed E-state index contributed by atoms with van der Waals surface area (Å²) < 4.78 is 0. The number of hydrogen-bond acceptors (Lipinski definition) is 11. The molecule has 0 heterocycles. The number of amides is 4. The molecular weight excluding hydrogens is 640 g/mol. The van der Waals surface area contributed by atoms with Crippen molar-refractivity contribution in [3.63, 3.8) is 0 Å². The van der Waals surface area contributed by atoms with Gasteiger partial charge < -0.3 is 71.6 Å². The van der Waals surface area contributed by atoms with E-state index < -0.39 is 65.9 Å². The Morgan fingerprint density at radius 3 is 1.28 bits per heavy atom. The zero-order valence-electron chi connectivity index (χ0n) is 26.3. The van der Waals surface area contributed by atoms with Crippen LogP contribution in [0.4, 0.5) is 0 Å². The molecule has 20 N–H and O–H groups in total. The molecule has 6 unspecified atom stereocenters. The molecule has 6 atom stereocenters. The van der Waals surface area contributed by atoms with Crippen LogP contribution in [0.15, 0.2) is 15.0 Å². The lowest BCUT2D eigenvalue weighted by Crippen LogP contribution is -2.59. The van der Waals surface area contributed by atoms with Gasteiger partial charge in [-0.15, -0.1) is 0 Å². The van der Waals surface area contributed by atoms with Crippen LogP contribution in [-0.2, 0) is 24.0 Å². The number of carboxylic acid groups (broad SMARTS) is 1. The third kappa shape index (κ3) is 18.9. The van der Waals surface area contributed by atoms with Crippen LogP contribution in [0.3, 0.4) is 0 Å². The molecule has 268 valence electrons. The Morgan fingerprint density at radius 1 is 0.617 bits per heavy atom. The number of nitrogens with one attached hydrogen (secondary N) is 4. The van der Waals surface area contributed by atoms with Crippen molar-refractivity contribution in [1.29, 1.82) is 0 Å². The number of hydrogen-bond donors (Lipinski definition) is 14. The van der Waals surface area contributed by atoms with Crippen molar-refractivity contribution in [3.8, 4) is 0 Å². The minimum atomic E-state index is -1.35. The summed E-state index contributed by atoms with van der Waals surface area (Å²) >= 11 is 4.12. The van der Waals surface area contributed by atoms with Crippen LogP contribution < -0.4 is 61.4 Å². The van der Waals surface area contributed by atoms with Gasteiger partial charge in [-0.2, -0.15) is 12.6 Å². The van der Waals surface area contributed by atoms with Crippen molar-refractivity contribution in [3.05, 3.63) is 0 Å². The van der Waals surface area contributed by atoms with Gasteiger partial charge in [0.1, 0.15) is 30.2 Å². The van der Waals surface area contributed by atoms with Crippen LogP contribution in [0.5, 0.6) is 0 Å². The smallest absolute Gasteiger partial charge is 0.326 e. The molecule has 21 nitrogen and oxygen atoms in total. The van der Waals surface area contributed by atoms with Gasteiger partial charge in [0.25, 0.3) is 0 Å². The summed E-state index contributed by atoms with van der Waals surface area (Å²) in [5, 5.41) is 29.1. The second kappa shape index (κ2) is 22.9. The molecule has 0 aliphatic carbocycles. The number of nitrogens with two attached hydrogens (primary N) is 7. The van der Waals surface area contributed by atoms with E-state index in [2.05, 4.69) is 48.9 Å². The second-order valence-electron chi connectivity index (χ2n) is 10.4. The number of rotatable bonds is 23. The van der Waals surface area contributed by atoms with Crippen LogP contribution in [0.2, 0.25) is 0 Å². The molecule has 0 radical (unpaired) electrons. The van der Waals surface area contributed by atoms with Gasteiger partial charge in [-0.1, -0.05) is 0 Å². The van der Waals surface area contributed by atoms with Crippen LogP contribution in [0.1, 0.15) is 45.4 Å². The highest BCUT2D eigenvalue weighted by Gasteiger charge is 2.31. The Kier molecular flexibility index (Phi) is 20.6. The maximum Gasteiger partial charge on any atom is 0.326 e. The second-order valence-corrected chi connectivity index (χ2v) is 10.7. The summed E-state index contributed by atoms with van der Waals surface area (Å²) in [6.45, 7) is 1.66. The lowest BCUT2D eigenvalue weighted by Gasteiger charge is -2.26. The Labute approximate surface area is 277 Å². The van der Waals surface area contributed by atoms with E-state index in [9.17, 15) is 34.2 Å². The van der Waals surface area contributed by atoms with E-state index in [0.717, 1.165) is 0 Å². The third-order valence-corrected chi connectivity index (χ3v) is 6.72. The number of aliphatic hydroxyl groups is 1. The number of carboxylic acids is 1. The van der Waals surface area contributed by atoms with E-state index in [1.165, 1.54) is 6.92 Å². The molecule has 0 saturated carbocycles. The quantitative estimate of drug-likeness (QED) is 0.0205. The standard InChI is InChI=1S/C25H50N14O7S/c1-12(40)17(26)21(44)37-14(6-3-9-34-24(29)30)18(41)36-13(5-2-8-33-23(27)28)19(42)39-16(11-47)20(43)38-15(22(45)46)7-4-10-35-25(31)32/h12-17,40,47H,2-11,26H2,1H3,(H,36,41)(H,37,44)(H,38,43)(H,39,42)(H,45,46)(H4,27,28,33)(H4,29,30,34)(H4,31,32,35). The average molecular weight is 691 g/mol. The number of aliphatic carboxylic acids is 1. The topological polar surface area (TPSA) is 393 Å². The highest BCUT2D eigenvalue weighted by molar-refractivity contribution is 7.80. The van der Waals surface area contributed by atoms with Gasteiger partial charge in [0, 0.05) is 25.4 Å². The largest absolute Gasteiger partial charge is 0.480 e. The molecular formula is C25H50N14O7S. The highest BCUT2D eigenvalue weighted by Crippen LogP contribution is 2.06. The first kappa shape index (κ1) is 42.4. The van der Waals surface area contributed by atoms with E-state index in [-0.39, 0.29) is 81.8 Å². The summed E-state index contributed by atoms with van der Waals surface area (Å²) in [5.41, 5.74) is 37.6. The fraction of sp³-hybridized carbons (Fsp3) is 0.680. The van der Waals surface area contributed by atoms with E-state index >= 15 is 0 Å². The molecule has 0 saturated heterocycles. The summed E-state index contributed by atoms with van der Waals surface area (Å²) in [6, 6.07) is -6.47. The predicted molar refractivity (Wildman–Crippen MR) is 179 cm³/mol. The third-order valence-electron chi connectivity index (χ3n) is 6.35. The molecule has 4 amide bonds. The lowest BCUT2D eigenvalue weighted by molar-refractivity contribution is -0.142. The minimum absolute atomic E-state index is 0.0103. The lowest BCUT2D eigenvalue weighted by atomic mass is 10.1. The van der Waals surface area contributed by atoms with Gasteiger partial charge in [0.15, 0.2) is 17.9 Å². The Balaban J connectivity index is 5.91. The van der Waals surface area contributed by atoms with Crippen LogP contribution in [0.25, 0.3) is 0 Å². The van der Waals surface area contributed by atoms with Crippen LogP contribution in [-0.4, -0.2) is 119 Å². The molecule has 0 bridgehead atoms. The summed E-state index contributed by atoms with van der Waals surface area (Å²) in [4.78, 5) is 75.5. The number of guanidine groups is 3. The van der Waals surface area contributed by atoms with Crippen molar-refractivity contribution in [2.45, 2.75) is 81.8 Å².